The minimum Gasteiger partial charge on any atom is -0.496 e. The number of hydrogen-bond acceptors (Lipinski definition) is 5. The maximum atomic E-state index is 10.3. The smallest absolute Gasteiger partial charge is 0.164 e. The summed E-state index contributed by atoms with van der Waals surface area (Å²) < 4.78 is 15.6. The van der Waals surface area contributed by atoms with Gasteiger partial charge in [-0.1, -0.05) is 6.92 Å². The molecule has 104 valence electrons. The molecule has 5 nitrogen and oxygen atoms in total. The number of aliphatic hydroxyl groups excluding tert-OH is 1. The van der Waals surface area contributed by atoms with Crippen molar-refractivity contribution in [1.29, 1.82) is 5.26 Å². The Balaban J connectivity index is 3.29. The van der Waals surface area contributed by atoms with Crippen molar-refractivity contribution in [3.05, 3.63) is 17.7 Å². The third kappa shape index (κ3) is 3.09. The van der Waals surface area contributed by atoms with Crippen molar-refractivity contribution in [3.8, 4) is 23.3 Å². The maximum Gasteiger partial charge on any atom is 0.164 e. The molecule has 0 aliphatic heterocycles. The summed E-state index contributed by atoms with van der Waals surface area (Å²) in [5.74, 6) is 0.983. The minimum absolute atomic E-state index is 0.471. The van der Waals surface area contributed by atoms with Gasteiger partial charge < -0.3 is 19.3 Å². The van der Waals surface area contributed by atoms with Crippen molar-refractivity contribution in [3.63, 3.8) is 0 Å². The third-order valence-electron chi connectivity index (χ3n) is 3.04. The van der Waals surface area contributed by atoms with Crippen LogP contribution in [0.15, 0.2) is 12.1 Å². The standard InChI is InChI=1S/C14H19NO4/c1-5-9(8-15)14(16)10-6-12(18-3)13(19-4)7-11(10)17-2/h6-7,9,14,16H,5H2,1-4H3. The Labute approximate surface area is 113 Å². The molecule has 1 aromatic rings. The number of ether oxygens (including phenoxy) is 3. The molecule has 19 heavy (non-hydrogen) atoms. The molecule has 0 saturated carbocycles. The van der Waals surface area contributed by atoms with Gasteiger partial charge in [0.1, 0.15) is 5.75 Å². The van der Waals surface area contributed by atoms with Crippen LogP contribution in [0.3, 0.4) is 0 Å². The summed E-state index contributed by atoms with van der Waals surface area (Å²) in [5, 5.41) is 19.3. The highest BCUT2D eigenvalue weighted by Crippen LogP contribution is 2.39. The van der Waals surface area contributed by atoms with Crippen LogP contribution in [-0.4, -0.2) is 26.4 Å². The summed E-state index contributed by atoms with van der Waals surface area (Å²) in [7, 11) is 4.55. The van der Waals surface area contributed by atoms with Gasteiger partial charge in [0.15, 0.2) is 11.5 Å². The van der Waals surface area contributed by atoms with E-state index in [1.807, 2.05) is 6.92 Å². The number of benzene rings is 1. The van der Waals surface area contributed by atoms with Crippen molar-refractivity contribution < 1.29 is 19.3 Å². The van der Waals surface area contributed by atoms with Crippen LogP contribution >= 0.6 is 0 Å². The predicted molar refractivity (Wildman–Crippen MR) is 70.5 cm³/mol. The second-order valence-electron chi connectivity index (χ2n) is 4.04. The van der Waals surface area contributed by atoms with Gasteiger partial charge in [-0.05, 0) is 12.5 Å². The number of hydrogen-bond donors (Lipinski definition) is 1. The molecular formula is C14H19NO4. The Morgan fingerprint density at radius 1 is 1.11 bits per heavy atom. The van der Waals surface area contributed by atoms with E-state index in [9.17, 15) is 5.11 Å². The summed E-state index contributed by atoms with van der Waals surface area (Å²) in [6.07, 6.45) is -0.375. The molecule has 2 unspecified atom stereocenters. The average molecular weight is 265 g/mol. The molecule has 0 saturated heterocycles. The fourth-order valence-corrected chi connectivity index (χ4v) is 1.89. The van der Waals surface area contributed by atoms with Crippen molar-refractivity contribution in [2.45, 2.75) is 19.4 Å². The highest BCUT2D eigenvalue weighted by Gasteiger charge is 2.24. The van der Waals surface area contributed by atoms with Gasteiger partial charge in [-0.2, -0.15) is 5.26 Å². The molecule has 0 amide bonds. The number of rotatable bonds is 6. The first-order valence-corrected chi connectivity index (χ1v) is 6.00. The van der Waals surface area contributed by atoms with Gasteiger partial charge in [0.25, 0.3) is 0 Å². The van der Waals surface area contributed by atoms with Crippen LogP contribution in [0, 0.1) is 17.2 Å². The predicted octanol–water partition coefficient (Wildman–Crippen LogP) is 2.30. The first-order valence-electron chi connectivity index (χ1n) is 6.00. The highest BCUT2D eigenvalue weighted by molar-refractivity contribution is 5.51. The van der Waals surface area contributed by atoms with Crippen molar-refractivity contribution >= 4 is 0 Å². The van der Waals surface area contributed by atoms with Gasteiger partial charge in [0.05, 0.1) is 39.4 Å². The fraction of sp³-hybridized carbons (Fsp3) is 0.500. The SMILES string of the molecule is CCC(C#N)C(O)c1cc(OC)c(OC)cc1OC. The van der Waals surface area contributed by atoms with E-state index in [4.69, 9.17) is 19.5 Å². The van der Waals surface area contributed by atoms with Crippen LogP contribution in [0.25, 0.3) is 0 Å². The van der Waals surface area contributed by atoms with Crippen molar-refractivity contribution in [1.82, 2.24) is 0 Å². The molecule has 5 heteroatoms. The van der Waals surface area contributed by atoms with Crippen LogP contribution in [-0.2, 0) is 0 Å². The van der Waals surface area contributed by atoms with Crippen molar-refractivity contribution in [2.75, 3.05) is 21.3 Å². The molecule has 0 aromatic heterocycles. The summed E-state index contributed by atoms with van der Waals surface area (Å²) >= 11 is 0. The Morgan fingerprint density at radius 2 is 1.63 bits per heavy atom. The second kappa shape index (κ2) is 6.86. The lowest BCUT2D eigenvalue weighted by Gasteiger charge is -2.20. The van der Waals surface area contributed by atoms with Crippen LogP contribution < -0.4 is 14.2 Å². The van der Waals surface area contributed by atoms with Gasteiger partial charge in [-0.3, -0.25) is 0 Å². The summed E-state index contributed by atoms with van der Waals surface area (Å²) in [4.78, 5) is 0. The number of aliphatic hydroxyl groups is 1. The normalized spacial score (nSPS) is 13.3. The van der Waals surface area contributed by atoms with Gasteiger partial charge >= 0.3 is 0 Å². The van der Waals surface area contributed by atoms with Gasteiger partial charge in [0.2, 0.25) is 0 Å². The zero-order valence-corrected chi connectivity index (χ0v) is 11.6. The molecule has 2 atom stereocenters. The molecule has 0 aliphatic carbocycles. The van der Waals surface area contributed by atoms with E-state index >= 15 is 0 Å². The molecule has 0 fully saturated rings. The monoisotopic (exact) mass is 265 g/mol. The Bertz CT molecular complexity index is 467. The molecule has 1 rings (SSSR count). The largest absolute Gasteiger partial charge is 0.496 e. The molecular weight excluding hydrogens is 246 g/mol. The van der Waals surface area contributed by atoms with E-state index in [1.54, 1.807) is 12.1 Å². The van der Waals surface area contributed by atoms with Crippen LogP contribution in [0.2, 0.25) is 0 Å². The molecule has 0 aliphatic rings. The highest BCUT2D eigenvalue weighted by atomic mass is 16.5. The van der Waals surface area contributed by atoms with Gasteiger partial charge in [-0.15, -0.1) is 0 Å². The number of methoxy groups -OCH3 is 3. The molecule has 0 heterocycles. The van der Waals surface area contributed by atoms with E-state index in [1.165, 1.54) is 21.3 Å². The van der Waals surface area contributed by atoms with E-state index in [0.29, 0.717) is 29.2 Å². The second-order valence-corrected chi connectivity index (χ2v) is 4.04. The molecule has 1 N–H and O–H groups in total. The Morgan fingerprint density at radius 3 is 2.05 bits per heavy atom. The third-order valence-corrected chi connectivity index (χ3v) is 3.04. The van der Waals surface area contributed by atoms with Gasteiger partial charge in [0, 0.05) is 11.6 Å². The van der Waals surface area contributed by atoms with E-state index < -0.39 is 12.0 Å². The molecule has 0 spiro atoms. The summed E-state index contributed by atoms with van der Waals surface area (Å²) in [6.45, 7) is 1.85. The lowest BCUT2D eigenvalue weighted by molar-refractivity contribution is 0.129. The minimum atomic E-state index is -0.926. The molecule has 0 radical (unpaired) electrons. The Hall–Kier alpha value is -1.93. The zero-order valence-electron chi connectivity index (χ0n) is 11.6. The quantitative estimate of drug-likeness (QED) is 0.854. The lowest BCUT2D eigenvalue weighted by Crippen LogP contribution is -2.11. The van der Waals surface area contributed by atoms with Crippen LogP contribution in [0.4, 0.5) is 0 Å². The summed E-state index contributed by atoms with van der Waals surface area (Å²) in [6, 6.07) is 5.37. The maximum absolute atomic E-state index is 10.3. The topological polar surface area (TPSA) is 71.7 Å². The number of nitrogens with zero attached hydrogens (tertiary/aromatic N) is 1. The number of nitriles is 1. The van der Waals surface area contributed by atoms with Gasteiger partial charge in [-0.25, -0.2) is 0 Å². The zero-order chi connectivity index (χ0) is 14.4. The first-order chi connectivity index (χ1) is 9.12. The molecule has 0 bridgehead atoms. The van der Waals surface area contributed by atoms with E-state index in [2.05, 4.69) is 6.07 Å². The molecule has 1 aromatic carbocycles. The fourth-order valence-electron chi connectivity index (χ4n) is 1.89. The van der Waals surface area contributed by atoms with E-state index in [0.717, 1.165) is 0 Å². The van der Waals surface area contributed by atoms with Crippen LogP contribution in [0.1, 0.15) is 25.0 Å². The first kappa shape index (κ1) is 15.1. The van der Waals surface area contributed by atoms with Crippen molar-refractivity contribution in [2.24, 2.45) is 5.92 Å². The van der Waals surface area contributed by atoms with Crippen LogP contribution in [0.5, 0.6) is 17.2 Å². The van der Waals surface area contributed by atoms with E-state index in [-0.39, 0.29) is 0 Å². The lowest BCUT2D eigenvalue weighted by atomic mass is 9.94. The Kier molecular flexibility index (Phi) is 5.46. The average Bonchev–Trinajstić information content (AvgIpc) is 2.46. The summed E-state index contributed by atoms with van der Waals surface area (Å²) in [5.41, 5.74) is 0.522.